The molecule has 0 radical (unpaired) electrons. The number of aromatic nitrogens is 3. The number of ether oxygens (including phenoxy) is 1. The number of aryl methyl sites for hydroxylation is 1. The molecular weight excluding hydrogens is 276 g/mol. The lowest BCUT2D eigenvalue weighted by molar-refractivity contribution is 0.103. The molecule has 122 valence electrons. The minimum Gasteiger partial charge on any atom is -0.377 e. The Balaban J connectivity index is 1.66. The second-order valence-corrected chi connectivity index (χ2v) is 6.77. The lowest BCUT2D eigenvalue weighted by Gasteiger charge is -2.35. The molecule has 0 amide bonds. The summed E-state index contributed by atoms with van der Waals surface area (Å²) in [5.41, 5.74) is 2.39. The molecule has 1 fully saturated rings. The minimum atomic E-state index is 0.368. The van der Waals surface area contributed by atoms with Crippen LogP contribution < -0.4 is 0 Å². The second kappa shape index (κ2) is 7.38. The van der Waals surface area contributed by atoms with Crippen LogP contribution in [0.1, 0.15) is 49.4 Å². The Bertz CT molecular complexity index is 493. The average Bonchev–Trinajstić information content (AvgIpc) is 2.90. The first-order chi connectivity index (χ1) is 10.8. The summed E-state index contributed by atoms with van der Waals surface area (Å²) in [4.78, 5) is 2.56. The van der Waals surface area contributed by atoms with Gasteiger partial charge in [-0.2, -0.15) is 0 Å². The molecule has 1 unspecified atom stereocenters. The van der Waals surface area contributed by atoms with Gasteiger partial charge in [0.25, 0.3) is 0 Å². The normalized spacial score (nSPS) is 23.4. The van der Waals surface area contributed by atoms with Crippen molar-refractivity contribution in [3.8, 4) is 0 Å². The van der Waals surface area contributed by atoms with Gasteiger partial charge in [0.05, 0.1) is 18.9 Å². The monoisotopic (exact) mass is 304 g/mol. The predicted octanol–water partition coefficient (Wildman–Crippen LogP) is 2.50. The molecule has 5 heteroatoms. The fourth-order valence-electron chi connectivity index (χ4n) is 3.99. The quantitative estimate of drug-likeness (QED) is 0.598. The van der Waals surface area contributed by atoms with Gasteiger partial charge in [-0.3, -0.25) is 9.58 Å². The summed E-state index contributed by atoms with van der Waals surface area (Å²) in [6, 6.07) is 0. The highest BCUT2D eigenvalue weighted by Gasteiger charge is 2.31. The van der Waals surface area contributed by atoms with Crippen molar-refractivity contribution < 1.29 is 4.74 Å². The van der Waals surface area contributed by atoms with Crippen LogP contribution in [0.25, 0.3) is 0 Å². The molecule has 5 nitrogen and oxygen atoms in total. The molecule has 0 bridgehead atoms. The van der Waals surface area contributed by atoms with Crippen LogP contribution in [-0.4, -0.2) is 46.2 Å². The van der Waals surface area contributed by atoms with E-state index in [0.29, 0.717) is 12.5 Å². The van der Waals surface area contributed by atoms with Gasteiger partial charge in [0.15, 0.2) is 0 Å². The van der Waals surface area contributed by atoms with Gasteiger partial charge in [0, 0.05) is 32.6 Å². The molecule has 1 aliphatic carbocycles. The third-order valence-electron chi connectivity index (χ3n) is 4.98. The van der Waals surface area contributed by atoms with Gasteiger partial charge in [-0.05, 0) is 18.8 Å². The minimum absolute atomic E-state index is 0.368. The van der Waals surface area contributed by atoms with Crippen molar-refractivity contribution in [3.63, 3.8) is 0 Å². The molecule has 1 aliphatic heterocycles. The predicted molar refractivity (Wildman–Crippen MR) is 86.6 cm³/mol. The first kappa shape index (κ1) is 15.7. The van der Waals surface area contributed by atoms with Gasteiger partial charge in [-0.25, -0.2) is 0 Å². The highest BCUT2D eigenvalue weighted by molar-refractivity contribution is 5.19. The zero-order valence-electron chi connectivity index (χ0n) is 13.7. The molecule has 22 heavy (non-hydrogen) atoms. The van der Waals surface area contributed by atoms with Crippen molar-refractivity contribution in [2.24, 2.45) is 13.0 Å². The van der Waals surface area contributed by atoms with E-state index in [1.807, 2.05) is 17.8 Å². The summed E-state index contributed by atoms with van der Waals surface area (Å²) < 4.78 is 7.65. The number of hydrogen-bond donors (Lipinski definition) is 0. The van der Waals surface area contributed by atoms with Gasteiger partial charge >= 0.3 is 0 Å². The van der Waals surface area contributed by atoms with E-state index in [-0.39, 0.29) is 0 Å². The number of hydrogen-bond acceptors (Lipinski definition) is 4. The van der Waals surface area contributed by atoms with Crippen molar-refractivity contribution >= 4 is 0 Å². The van der Waals surface area contributed by atoms with Crippen LogP contribution in [0.5, 0.6) is 0 Å². The van der Waals surface area contributed by atoms with Crippen molar-refractivity contribution in [2.75, 3.05) is 26.3 Å². The molecule has 2 aliphatic rings. The average molecular weight is 304 g/mol. The lowest BCUT2D eigenvalue weighted by Crippen LogP contribution is -2.39. The fourth-order valence-corrected chi connectivity index (χ4v) is 3.99. The first-order valence-electron chi connectivity index (χ1n) is 8.57. The first-order valence-corrected chi connectivity index (χ1v) is 8.57. The molecule has 1 atom stereocenters. The van der Waals surface area contributed by atoms with Gasteiger partial charge in [0.2, 0.25) is 0 Å². The van der Waals surface area contributed by atoms with E-state index in [1.165, 1.54) is 44.3 Å². The van der Waals surface area contributed by atoms with Crippen molar-refractivity contribution in [2.45, 2.75) is 44.6 Å². The zero-order valence-corrected chi connectivity index (χ0v) is 13.7. The maximum atomic E-state index is 5.73. The summed E-state index contributed by atoms with van der Waals surface area (Å²) in [7, 11) is 1.99. The van der Waals surface area contributed by atoms with Crippen LogP contribution in [0.3, 0.4) is 0 Å². The standard InChI is InChI=1S/C17H28N4O/c1-3-9-22-13-15-11-21(10-14-7-5-4-6-8-14)12-16-17(15)20(2)19-18-16/h3,14-15H,1,4-13H2,2H3. The summed E-state index contributed by atoms with van der Waals surface area (Å²) in [5, 5.41) is 8.60. The molecule has 0 saturated heterocycles. The molecule has 0 aromatic carbocycles. The zero-order chi connectivity index (χ0) is 15.4. The van der Waals surface area contributed by atoms with Crippen LogP contribution in [0.15, 0.2) is 12.7 Å². The molecule has 1 aromatic rings. The van der Waals surface area contributed by atoms with Gasteiger partial charge in [-0.15, -0.1) is 11.7 Å². The Labute approximate surface area is 133 Å². The Morgan fingerprint density at radius 1 is 1.32 bits per heavy atom. The number of fused-ring (bicyclic) bond motifs is 1. The summed E-state index contributed by atoms with van der Waals surface area (Å²) in [6.07, 6.45) is 8.82. The van der Waals surface area contributed by atoms with E-state index >= 15 is 0 Å². The summed E-state index contributed by atoms with van der Waals surface area (Å²) >= 11 is 0. The molecule has 2 heterocycles. The van der Waals surface area contributed by atoms with E-state index < -0.39 is 0 Å². The highest BCUT2D eigenvalue weighted by Crippen LogP contribution is 2.30. The molecule has 0 spiro atoms. The Hall–Kier alpha value is -1.20. The van der Waals surface area contributed by atoms with Gasteiger partial charge < -0.3 is 4.74 Å². The third kappa shape index (κ3) is 3.58. The SMILES string of the molecule is C=CCOCC1CN(CC2CCCCC2)Cc2nnn(C)c21. The fraction of sp³-hybridized carbons (Fsp3) is 0.765. The third-order valence-corrected chi connectivity index (χ3v) is 4.98. The lowest BCUT2D eigenvalue weighted by atomic mass is 9.88. The van der Waals surface area contributed by atoms with Crippen LogP contribution >= 0.6 is 0 Å². The van der Waals surface area contributed by atoms with E-state index in [0.717, 1.165) is 31.3 Å². The summed E-state index contributed by atoms with van der Waals surface area (Å²) in [6.45, 7) is 8.26. The Morgan fingerprint density at radius 3 is 2.91 bits per heavy atom. The van der Waals surface area contributed by atoms with E-state index in [2.05, 4.69) is 21.8 Å². The van der Waals surface area contributed by atoms with Crippen molar-refractivity contribution in [1.29, 1.82) is 0 Å². The topological polar surface area (TPSA) is 43.2 Å². The van der Waals surface area contributed by atoms with Gasteiger partial charge in [0.1, 0.15) is 5.69 Å². The number of rotatable bonds is 6. The van der Waals surface area contributed by atoms with E-state index in [1.54, 1.807) is 0 Å². The van der Waals surface area contributed by atoms with Crippen molar-refractivity contribution in [1.82, 2.24) is 19.9 Å². The molecule has 3 rings (SSSR count). The largest absolute Gasteiger partial charge is 0.377 e. The smallest absolute Gasteiger partial charge is 0.100 e. The van der Waals surface area contributed by atoms with Crippen LogP contribution in [0, 0.1) is 5.92 Å². The summed E-state index contributed by atoms with van der Waals surface area (Å²) in [5.74, 6) is 1.23. The highest BCUT2D eigenvalue weighted by atomic mass is 16.5. The van der Waals surface area contributed by atoms with E-state index in [4.69, 9.17) is 4.74 Å². The number of nitrogens with zero attached hydrogens (tertiary/aromatic N) is 4. The molecule has 0 N–H and O–H groups in total. The van der Waals surface area contributed by atoms with Crippen LogP contribution in [0.4, 0.5) is 0 Å². The molecule has 1 saturated carbocycles. The van der Waals surface area contributed by atoms with Crippen LogP contribution in [0.2, 0.25) is 0 Å². The maximum absolute atomic E-state index is 5.73. The molecular formula is C17H28N4O. The maximum Gasteiger partial charge on any atom is 0.100 e. The molecule has 1 aromatic heterocycles. The van der Waals surface area contributed by atoms with E-state index in [9.17, 15) is 0 Å². The second-order valence-electron chi connectivity index (χ2n) is 6.77. The van der Waals surface area contributed by atoms with Crippen LogP contribution in [-0.2, 0) is 18.3 Å². The van der Waals surface area contributed by atoms with Crippen molar-refractivity contribution in [3.05, 3.63) is 24.0 Å². The Morgan fingerprint density at radius 2 is 2.14 bits per heavy atom. The van der Waals surface area contributed by atoms with Gasteiger partial charge in [-0.1, -0.05) is 30.6 Å². The Kier molecular flexibility index (Phi) is 5.26.